The highest BCUT2D eigenvalue weighted by Gasteiger charge is 2.48. The fourth-order valence-electron chi connectivity index (χ4n) is 4.97. The first-order valence-corrected chi connectivity index (χ1v) is 14.4. The Bertz CT molecular complexity index is 1740. The Balaban J connectivity index is 0.000000354. The number of fused-ring (bicyclic) bond motifs is 1. The first-order valence-electron chi connectivity index (χ1n) is 14.0. The second-order valence-corrected chi connectivity index (χ2v) is 10.5. The third-order valence-electron chi connectivity index (χ3n) is 7.13. The number of morpholine rings is 1. The lowest BCUT2D eigenvalue weighted by Gasteiger charge is -2.44. The molecule has 1 aliphatic heterocycles. The summed E-state index contributed by atoms with van der Waals surface area (Å²) in [5.41, 5.74) is 5.25. The Morgan fingerprint density at radius 1 is 1.07 bits per heavy atom. The Kier molecular flexibility index (Phi) is 10.8. The molecule has 1 atom stereocenters. The van der Waals surface area contributed by atoms with Crippen LogP contribution in [0.25, 0.3) is 10.9 Å². The van der Waals surface area contributed by atoms with Gasteiger partial charge in [-0.1, -0.05) is 29.8 Å². The normalized spacial score (nSPS) is 14.4. The van der Waals surface area contributed by atoms with E-state index in [-0.39, 0.29) is 29.9 Å². The number of aromatic amines is 1. The molecular formula is C32H33ClN4O8. The summed E-state index contributed by atoms with van der Waals surface area (Å²) in [4.78, 5) is 54.4. The number of aromatic carboxylic acids is 1. The van der Waals surface area contributed by atoms with Crippen LogP contribution in [0.5, 0.6) is 5.75 Å². The minimum atomic E-state index is -1.55. The molecule has 1 unspecified atom stereocenters. The number of aromatic nitrogens is 1. The van der Waals surface area contributed by atoms with Crippen molar-refractivity contribution < 1.29 is 34.1 Å². The van der Waals surface area contributed by atoms with Crippen molar-refractivity contribution in [2.45, 2.75) is 19.0 Å². The summed E-state index contributed by atoms with van der Waals surface area (Å²) in [6, 6.07) is 19.1. The molecule has 0 radical (unpaired) electrons. The number of hydrogen-bond donors (Lipinski definition) is 5. The second kappa shape index (κ2) is 14.7. The highest BCUT2D eigenvalue weighted by atomic mass is 35.5. The smallest absolute Gasteiger partial charge is 0.347 e. The van der Waals surface area contributed by atoms with Gasteiger partial charge in [0.2, 0.25) is 5.56 Å². The van der Waals surface area contributed by atoms with Crippen molar-refractivity contribution in [3.8, 4) is 5.75 Å². The summed E-state index contributed by atoms with van der Waals surface area (Å²) in [7, 11) is 0. The molecule has 0 saturated carbocycles. The number of H-pyrrole nitrogens is 1. The summed E-state index contributed by atoms with van der Waals surface area (Å²) in [6.07, 6.45) is 0.0373. The van der Waals surface area contributed by atoms with E-state index in [4.69, 9.17) is 37.0 Å². The van der Waals surface area contributed by atoms with Gasteiger partial charge in [-0.3, -0.25) is 14.5 Å². The second-order valence-electron chi connectivity index (χ2n) is 10.1. The van der Waals surface area contributed by atoms with E-state index in [1.807, 2.05) is 23.1 Å². The minimum absolute atomic E-state index is 0.0373. The van der Waals surface area contributed by atoms with Crippen LogP contribution in [-0.4, -0.2) is 76.5 Å². The molecule has 0 spiro atoms. The monoisotopic (exact) mass is 636 g/mol. The Morgan fingerprint density at radius 3 is 2.40 bits per heavy atom. The number of carbonyl (C=O) groups excluding carboxylic acids is 2. The van der Waals surface area contributed by atoms with Gasteiger partial charge < -0.3 is 35.7 Å². The number of pyridine rings is 1. The molecule has 0 bridgehead atoms. The molecule has 1 fully saturated rings. The van der Waals surface area contributed by atoms with E-state index in [1.54, 1.807) is 37.3 Å². The molecule has 3 aromatic carbocycles. The van der Waals surface area contributed by atoms with Crippen LogP contribution in [0.4, 0.5) is 5.69 Å². The Morgan fingerprint density at radius 2 is 1.76 bits per heavy atom. The number of ether oxygens (including phenoxy) is 2. The number of anilines is 1. The number of amides is 1. The van der Waals surface area contributed by atoms with Crippen molar-refractivity contribution in [2.24, 2.45) is 0 Å². The molecular weight excluding hydrogens is 604 g/mol. The molecule has 0 aliphatic carbocycles. The fraction of sp³-hybridized carbons (Fsp3) is 0.250. The van der Waals surface area contributed by atoms with Gasteiger partial charge in [-0.25, -0.2) is 9.59 Å². The number of aromatic hydroxyl groups is 1. The van der Waals surface area contributed by atoms with E-state index in [2.05, 4.69) is 10.3 Å². The lowest BCUT2D eigenvalue weighted by molar-refractivity contribution is -0.163. The van der Waals surface area contributed by atoms with E-state index in [1.165, 1.54) is 24.3 Å². The largest absolute Gasteiger partial charge is 0.507 e. The van der Waals surface area contributed by atoms with Gasteiger partial charge in [0, 0.05) is 58.8 Å². The third kappa shape index (κ3) is 7.98. The van der Waals surface area contributed by atoms with Crippen LogP contribution < -0.4 is 16.6 Å². The highest BCUT2D eigenvalue weighted by Crippen LogP contribution is 2.27. The predicted octanol–water partition coefficient (Wildman–Crippen LogP) is 3.42. The quantitative estimate of drug-likeness (QED) is 0.142. The predicted molar refractivity (Wildman–Crippen MR) is 168 cm³/mol. The van der Waals surface area contributed by atoms with E-state index in [0.29, 0.717) is 53.7 Å². The standard InChI is InChI=1S/C25H26ClN3O5.C7H7NO3/c1-2-34-24(32)25(29-11-13-33-14-12-29,28-23(31)17-7-9-19(26)10-8-17)16-18-15-22(30)27-21-6-4-3-5-20(18)21;8-4-1-2-5(7(10)11)6(9)3-4/h3-10,15H,2,11-14,16H2,1H3,(H,27,30)(H,28,31);1-3,9H,8H2,(H,10,11). The number of benzene rings is 3. The molecule has 13 heteroatoms. The number of halogens is 1. The lowest BCUT2D eigenvalue weighted by Crippen LogP contribution is -2.69. The van der Waals surface area contributed by atoms with Crippen molar-refractivity contribution in [3.63, 3.8) is 0 Å². The van der Waals surface area contributed by atoms with E-state index in [0.717, 1.165) is 5.39 Å². The molecule has 236 valence electrons. The van der Waals surface area contributed by atoms with Crippen LogP contribution in [0.2, 0.25) is 5.02 Å². The number of nitrogens with one attached hydrogen (secondary N) is 2. The van der Waals surface area contributed by atoms with Crippen molar-refractivity contribution in [1.82, 2.24) is 15.2 Å². The van der Waals surface area contributed by atoms with Crippen LogP contribution in [0.1, 0.15) is 33.2 Å². The van der Waals surface area contributed by atoms with Gasteiger partial charge in [0.15, 0.2) is 5.66 Å². The van der Waals surface area contributed by atoms with Gasteiger partial charge >= 0.3 is 11.9 Å². The fourth-order valence-corrected chi connectivity index (χ4v) is 5.10. The molecule has 45 heavy (non-hydrogen) atoms. The van der Waals surface area contributed by atoms with Gasteiger partial charge in [-0.05, 0) is 55.0 Å². The van der Waals surface area contributed by atoms with Crippen LogP contribution >= 0.6 is 11.6 Å². The molecule has 1 aromatic heterocycles. The molecule has 1 aliphatic rings. The summed E-state index contributed by atoms with van der Waals surface area (Å²) in [5, 5.41) is 21.7. The maximum Gasteiger partial charge on any atom is 0.347 e. The summed E-state index contributed by atoms with van der Waals surface area (Å²) in [6.45, 7) is 3.45. The van der Waals surface area contributed by atoms with E-state index in [9.17, 15) is 19.2 Å². The molecule has 4 aromatic rings. The molecule has 6 N–H and O–H groups in total. The van der Waals surface area contributed by atoms with Gasteiger partial charge in [0.1, 0.15) is 11.3 Å². The number of carbonyl (C=O) groups is 3. The van der Waals surface area contributed by atoms with Crippen LogP contribution in [0.3, 0.4) is 0 Å². The number of hydrogen-bond acceptors (Lipinski definition) is 9. The molecule has 1 saturated heterocycles. The molecule has 2 heterocycles. The first-order chi connectivity index (χ1) is 21.5. The number of carboxylic acids is 1. The SMILES string of the molecule is CCOC(=O)C(Cc1cc(=O)[nH]c2ccccc12)(NC(=O)c1ccc(Cl)cc1)N1CCOCC1.Nc1ccc(C(=O)O)c(O)c1. The van der Waals surface area contributed by atoms with Crippen molar-refractivity contribution >= 4 is 46.0 Å². The van der Waals surface area contributed by atoms with Crippen LogP contribution in [0, 0.1) is 0 Å². The molecule has 5 rings (SSSR count). The van der Waals surface area contributed by atoms with Crippen LogP contribution in [0.15, 0.2) is 77.6 Å². The Labute approximate surface area is 263 Å². The average molecular weight is 637 g/mol. The highest BCUT2D eigenvalue weighted by molar-refractivity contribution is 6.30. The number of esters is 1. The summed E-state index contributed by atoms with van der Waals surface area (Å²) >= 11 is 5.98. The number of nitrogens with two attached hydrogens (primary N) is 1. The zero-order valence-corrected chi connectivity index (χ0v) is 25.2. The maximum absolute atomic E-state index is 13.6. The maximum atomic E-state index is 13.6. The average Bonchev–Trinajstić information content (AvgIpc) is 3.01. The number of nitrogens with zero attached hydrogens (tertiary/aromatic N) is 1. The minimum Gasteiger partial charge on any atom is -0.507 e. The number of carboxylic acid groups (broad SMARTS) is 1. The third-order valence-corrected chi connectivity index (χ3v) is 7.38. The van der Waals surface area contributed by atoms with Gasteiger partial charge in [-0.15, -0.1) is 0 Å². The van der Waals surface area contributed by atoms with Crippen LogP contribution in [-0.2, 0) is 20.7 Å². The summed E-state index contributed by atoms with van der Waals surface area (Å²) < 4.78 is 11.0. The first kappa shape index (κ1) is 33.0. The zero-order valence-electron chi connectivity index (χ0n) is 24.4. The molecule has 12 nitrogen and oxygen atoms in total. The summed E-state index contributed by atoms with van der Waals surface area (Å²) in [5.74, 6) is -2.52. The van der Waals surface area contributed by atoms with Crippen molar-refractivity contribution in [1.29, 1.82) is 0 Å². The van der Waals surface area contributed by atoms with Crippen molar-refractivity contribution in [3.05, 3.63) is 105 Å². The Hall–Kier alpha value is -4.91. The number of phenols is 1. The molecule has 1 amide bonds. The topological polar surface area (TPSA) is 184 Å². The van der Waals surface area contributed by atoms with Gasteiger partial charge in [-0.2, -0.15) is 0 Å². The van der Waals surface area contributed by atoms with Gasteiger partial charge in [0.05, 0.1) is 19.8 Å². The van der Waals surface area contributed by atoms with E-state index >= 15 is 0 Å². The van der Waals surface area contributed by atoms with Crippen molar-refractivity contribution in [2.75, 3.05) is 38.6 Å². The zero-order chi connectivity index (χ0) is 32.6. The van der Waals surface area contributed by atoms with E-state index < -0.39 is 23.5 Å². The van der Waals surface area contributed by atoms with Gasteiger partial charge in [0.25, 0.3) is 5.91 Å². The number of rotatable bonds is 8. The number of nitrogen functional groups attached to an aromatic ring is 1. The number of para-hydroxylation sites is 1. The lowest BCUT2D eigenvalue weighted by atomic mass is 9.93.